The smallest absolute Gasteiger partial charge is 0.214 e. The van der Waals surface area contributed by atoms with E-state index in [1.165, 1.54) is 0 Å². The van der Waals surface area contributed by atoms with Gasteiger partial charge in [-0.15, -0.1) is 0 Å². The zero-order chi connectivity index (χ0) is 23.8. The molecule has 2 fully saturated rings. The van der Waals surface area contributed by atoms with E-state index in [1.807, 2.05) is 18.2 Å². The van der Waals surface area contributed by atoms with E-state index >= 15 is 0 Å². The number of aromatic nitrogens is 3. The second kappa shape index (κ2) is 9.59. The Bertz CT molecular complexity index is 1190. The highest BCUT2D eigenvalue weighted by atomic mass is 35.5. The van der Waals surface area contributed by atoms with Crippen molar-refractivity contribution in [1.29, 1.82) is 0 Å². The molecule has 0 bridgehead atoms. The van der Waals surface area contributed by atoms with Crippen molar-refractivity contribution in [2.24, 2.45) is 0 Å². The number of hydrogen-bond acceptors (Lipinski definition) is 7. The van der Waals surface area contributed by atoms with Gasteiger partial charge in [-0.05, 0) is 43.5 Å². The number of halogens is 1. The average molecular weight is 493 g/mol. The molecular formula is C26H29ClN6O2. The fourth-order valence-corrected chi connectivity index (χ4v) is 5.42. The number of aromatic amines is 1. The highest BCUT2D eigenvalue weighted by Gasteiger charge is 2.34. The molecule has 1 atom stereocenters. The number of H-pyrrole nitrogens is 1. The number of anilines is 3. The van der Waals surface area contributed by atoms with Crippen LogP contribution >= 0.6 is 11.6 Å². The first-order chi connectivity index (χ1) is 17.2. The Kier molecular flexibility index (Phi) is 6.16. The van der Waals surface area contributed by atoms with E-state index in [0.717, 1.165) is 93.1 Å². The lowest BCUT2D eigenvalue weighted by atomic mass is 10.0. The van der Waals surface area contributed by atoms with Gasteiger partial charge in [-0.25, -0.2) is 4.98 Å². The Morgan fingerprint density at radius 2 is 1.97 bits per heavy atom. The number of fused-ring (bicyclic) bond motifs is 3. The van der Waals surface area contributed by atoms with Crippen LogP contribution in [0.3, 0.4) is 0 Å². The first-order valence-corrected chi connectivity index (χ1v) is 12.6. The van der Waals surface area contributed by atoms with Gasteiger partial charge in [0.1, 0.15) is 12.0 Å². The minimum absolute atomic E-state index is 0.0889. The topological polar surface area (TPSA) is 69.8 Å². The zero-order valence-electron chi connectivity index (χ0n) is 19.8. The van der Waals surface area contributed by atoms with Gasteiger partial charge in [0.2, 0.25) is 11.8 Å². The summed E-state index contributed by atoms with van der Waals surface area (Å²) in [7, 11) is 1.65. The summed E-state index contributed by atoms with van der Waals surface area (Å²) >= 11 is 6.52. The van der Waals surface area contributed by atoms with Crippen LogP contribution in [0.15, 0.2) is 36.4 Å². The van der Waals surface area contributed by atoms with Crippen LogP contribution in [-0.4, -0.2) is 67.6 Å². The molecule has 3 aliphatic rings. The summed E-state index contributed by atoms with van der Waals surface area (Å²) in [4.78, 5) is 20.5. The molecule has 0 amide bonds. The molecule has 9 heteroatoms. The molecule has 1 N–H and O–H groups in total. The van der Waals surface area contributed by atoms with Crippen LogP contribution in [0.25, 0.3) is 11.3 Å². The van der Waals surface area contributed by atoms with Gasteiger partial charge in [0.25, 0.3) is 0 Å². The van der Waals surface area contributed by atoms with Crippen LogP contribution in [-0.2, 0) is 11.2 Å². The summed E-state index contributed by atoms with van der Waals surface area (Å²) in [6.45, 7) is 4.83. The average Bonchev–Trinajstić information content (AvgIpc) is 3.28. The second-order valence-corrected chi connectivity index (χ2v) is 9.44. The quantitative estimate of drug-likeness (QED) is 0.589. The van der Waals surface area contributed by atoms with Crippen molar-refractivity contribution in [3.63, 3.8) is 0 Å². The third-order valence-corrected chi connectivity index (χ3v) is 7.23. The van der Waals surface area contributed by atoms with Gasteiger partial charge in [0, 0.05) is 54.9 Å². The van der Waals surface area contributed by atoms with Crippen molar-refractivity contribution in [2.45, 2.75) is 25.4 Å². The van der Waals surface area contributed by atoms with Crippen LogP contribution in [0.4, 0.5) is 17.5 Å². The second-order valence-electron chi connectivity index (χ2n) is 9.00. The molecule has 2 saturated heterocycles. The molecule has 2 aromatic heterocycles. The van der Waals surface area contributed by atoms with Crippen LogP contribution in [0.5, 0.6) is 5.88 Å². The van der Waals surface area contributed by atoms with E-state index in [1.54, 1.807) is 7.11 Å². The molecule has 8 nitrogen and oxygen atoms in total. The molecule has 0 aliphatic carbocycles. The molecule has 0 spiro atoms. The third-order valence-electron chi connectivity index (χ3n) is 6.99. The van der Waals surface area contributed by atoms with Gasteiger partial charge in [-0.3, -0.25) is 0 Å². The molecule has 2 radical (unpaired) electrons. The maximum atomic E-state index is 6.52. The van der Waals surface area contributed by atoms with Crippen LogP contribution in [0, 0.1) is 6.42 Å². The maximum absolute atomic E-state index is 6.52. The van der Waals surface area contributed by atoms with Gasteiger partial charge in [-0.1, -0.05) is 17.7 Å². The van der Waals surface area contributed by atoms with Crippen molar-refractivity contribution in [1.82, 2.24) is 15.0 Å². The van der Waals surface area contributed by atoms with Crippen molar-refractivity contribution in [3.05, 3.63) is 53.5 Å². The number of methoxy groups -OCH3 is 1. The highest BCUT2D eigenvalue weighted by molar-refractivity contribution is 6.31. The molecule has 0 saturated carbocycles. The molecule has 3 aromatic rings. The Labute approximate surface area is 210 Å². The number of pyridine rings is 1. The Hall–Kier alpha value is -2.97. The standard InChI is InChI=1S/C26H29ClN6O2/c1-34-23-6-4-5-22(29-23)33-11-3-2-7-24(33)32-12-10-20-25(19-17-18(27)8-9-21(19)32)30-26(28-20)31-13-15-35-16-14-31/h4-6,8-9,17,24H,3,7,10-16H2,1H3,(H,28,30). The molecule has 5 heterocycles. The number of morpholine rings is 1. The number of imidazole rings is 1. The number of nitrogens with zero attached hydrogens (tertiary/aromatic N) is 5. The molecular weight excluding hydrogens is 464 g/mol. The number of hydrogen-bond donors (Lipinski definition) is 1. The number of nitrogens with one attached hydrogen (secondary N) is 1. The fourth-order valence-electron chi connectivity index (χ4n) is 5.25. The van der Waals surface area contributed by atoms with Gasteiger partial charge in [0.15, 0.2) is 0 Å². The van der Waals surface area contributed by atoms with Gasteiger partial charge < -0.3 is 29.2 Å². The van der Waals surface area contributed by atoms with E-state index in [9.17, 15) is 0 Å². The lowest BCUT2D eigenvalue weighted by Gasteiger charge is -2.44. The third kappa shape index (κ3) is 4.29. The monoisotopic (exact) mass is 492 g/mol. The van der Waals surface area contributed by atoms with Gasteiger partial charge in [0.05, 0.1) is 31.7 Å². The summed E-state index contributed by atoms with van der Waals surface area (Å²) in [5.41, 5.74) is 4.36. The van der Waals surface area contributed by atoms with Crippen molar-refractivity contribution < 1.29 is 9.47 Å². The first-order valence-electron chi connectivity index (χ1n) is 12.2. The van der Waals surface area contributed by atoms with Crippen molar-refractivity contribution >= 4 is 29.1 Å². The summed E-state index contributed by atoms with van der Waals surface area (Å²) in [5.74, 6) is 2.46. The SMILES string of the molecule is COc1cccc(N2CC[C]CC2N2CCc3nc(N4CCOCC4)[nH]c3-c3cc(Cl)ccc32)n1. The highest BCUT2D eigenvalue weighted by Crippen LogP contribution is 2.41. The van der Waals surface area contributed by atoms with Gasteiger partial charge in [-0.2, -0.15) is 4.98 Å². The lowest BCUT2D eigenvalue weighted by Crippen LogP contribution is -2.52. The predicted octanol–water partition coefficient (Wildman–Crippen LogP) is 4.04. The van der Waals surface area contributed by atoms with Crippen LogP contribution in [0.1, 0.15) is 18.5 Å². The molecule has 6 rings (SSSR count). The van der Waals surface area contributed by atoms with E-state index in [4.69, 9.17) is 31.0 Å². The van der Waals surface area contributed by atoms with E-state index in [-0.39, 0.29) is 6.17 Å². The minimum atomic E-state index is 0.0889. The summed E-state index contributed by atoms with van der Waals surface area (Å²) < 4.78 is 10.9. The number of benzene rings is 1. The maximum Gasteiger partial charge on any atom is 0.214 e. The van der Waals surface area contributed by atoms with E-state index in [0.29, 0.717) is 10.9 Å². The number of ether oxygens (including phenoxy) is 2. The predicted molar refractivity (Wildman–Crippen MR) is 138 cm³/mol. The number of piperidine rings is 1. The normalized spacial score (nSPS) is 20.3. The van der Waals surface area contributed by atoms with Crippen LogP contribution < -0.4 is 19.4 Å². The van der Waals surface area contributed by atoms with E-state index < -0.39 is 0 Å². The minimum Gasteiger partial charge on any atom is -0.481 e. The first kappa shape index (κ1) is 22.5. The van der Waals surface area contributed by atoms with Crippen molar-refractivity contribution in [2.75, 3.05) is 61.2 Å². The molecule has 182 valence electrons. The zero-order valence-corrected chi connectivity index (χ0v) is 20.6. The molecule has 1 unspecified atom stereocenters. The van der Waals surface area contributed by atoms with Crippen molar-refractivity contribution in [3.8, 4) is 17.1 Å². The van der Waals surface area contributed by atoms with E-state index in [2.05, 4.69) is 44.3 Å². The fraction of sp³-hybridized carbons (Fsp3) is 0.423. The Balaban J connectivity index is 1.38. The summed E-state index contributed by atoms with van der Waals surface area (Å²) in [6.07, 6.45) is 6.22. The van der Waals surface area contributed by atoms with Gasteiger partial charge >= 0.3 is 0 Å². The molecule has 35 heavy (non-hydrogen) atoms. The summed E-state index contributed by atoms with van der Waals surface area (Å²) in [5, 5.41) is 0.715. The molecule has 1 aromatic carbocycles. The Morgan fingerprint density at radius 1 is 1.09 bits per heavy atom. The Morgan fingerprint density at radius 3 is 2.83 bits per heavy atom. The summed E-state index contributed by atoms with van der Waals surface area (Å²) in [6, 6.07) is 12.1. The largest absolute Gasteiger partial charge is 0.481 e. The molecule has 3 aliphatic heterocycles. The van der Waals surface area contributed by atoms with Crippen LogP contribution in [0.2, 0.25) is 5.02 Å². The number of rotatable bonds is 4. The lowest BCUT2D eigenvalue weighted by molar-refractivity contribution is 0.122.